The summed E-state index contributed by atoms with van der Waals surface area (Å²) in [6, 6.07) is 5.17. The average molecular weight is 240 g/mol. The van der Waals surface area contributed by atoms with Gasteiger partial charge in [-0.15, -0.1) is 0 Å². The fourth-order valence-electron chi connectivity index (χ4n) is 1.56. The molecule has 6 heteroatoms. The molecule has 0 fully saturated rings. The Morgan fingerprint density at radius 2 is 1.94 bits per heavy atom. The predicted molar refractivity (Wildman–Crippen MR) is 55.3 cm³/mol. The van der Waals surface area contributed by atoms with E-state index in [-0.39, 0.29) is 16.3 Å². The molecule has 0 saturated carbocycles. The Hall–Kier alpha value is -2.11. The number of fused-ring (bicyclic) bond motifs is 1. The second-order valence-corrected chi connectivity index (χ2v) is 3.46. The van der Waals surface area contributed by atoms with E-state index in [4.69, 9.17) is 5.73 Å². The van der Waals surface area contributed by atoms with Gasteiger partial charge in [-0.3, -0.25) is 9.78 Å². The van der Waals surface area contributed by atoms with E-state index in [1.165, 1.54) is 24.3 Å². The molecule has 2 aromatic rings. The van der Waals surface area contributed by atoms with Crippen LogP contribution in [0.4, 0.5) is 13.2 Å². The Kier molecular flexibility index (Phi) is 2.49. The number of carbonyl (C=O) groups is 1. The van der Waals surface area contributed by atoms with Crippen LogP contribution in [-0.2, 0) is 6.18 Å². The van der Waals surface area contributed by atoms with Gasteiger partial charge in [0.05, 0.1) is 0 Å². The lowest BCUT2D eigenvalue weighted by Gasteiger charge is -2.09. The van der Waals surface area contributed by atoms with Gasteiger partial charge in [-0.1, -0.05) is 6.07 Å². The highest BCUT2D eigenvalue weighted by Crippen LogP contribution is 2.33. The van der Waals surface area contributed by atoms with Gasteiger partial charge in [0.15, 0.2) is 5.69 Å². The van der Waals surface area contributed by atoms with Gasteiger partial charge in [0.1, 0.15) is 0 Å². The van der Waals surface area contributed by atoms with Crippen molar-refractivity contribution in [3.63, 3.8) is 0 Å². The van der Waals surface area contributed by atoms with E-state index in [1.54, 1.807) is 0 Å². The van der Waals surface area contributed by atoms with Gasteiger partial charge in [0, 0.05) is 17.1 Å². The normalized spacial score (nSPS) is 11.7. The van der Waals surface area contributed by atoms with Crippen LogP contribution in [0.25, 0.3) is 10.8 Å². The Labute approximate surface area is 94.1 Å². The van der Waals surface area contributed by atoms with Crippen molar-refractivity contribution in [2.75, 3.05) is 0 Å². The molecule has 0 radical (unpaired) electrons. The van der Waals surface area contributed by atoms with Crippen LogP contribution >= 0.6 is 0 Å². The third-order valence-corrected chi connectivity index (χ3v) is 2.32. The number of carbonyl (C=O) groups excluding carboxylic acids is 1. The van der Waals surface area contributed by atoms with Crippen LogP contribution in [0.2, 0.25) is 0 Å². The minimum absolute atomic E-state index is 0.0509. The summed E-state index contributed by atoms with van der Waals surface area (Å²) in [5.74, 6) is -0.683. The maximum atomic E-state index is 12.6. The molecule has 2 rings (SSSR count). The first-order chi connectivity index (χ1) is 7.89. The summed E-state index contributed by atoms with van der Waals surface area (Å²) < 4.78 is 37.9. The molecule has 1 aromatic carbocycles. The minimum atomic E-state index is -4.52. The van der Waals surface area contributed by atoms with Gasteiger partial charge >= 0.3 is 6.18 Å². The molecule has 3 nitrogen and oxygen atoms in total. The van der Waals surface area contributed by atoms with Crippen LogP contribution < -0.4 is 5.73 Å². The molecule has 0 spiro atoms. The van der Waals surface area contributed by atoms with Gasteiger partial charge in [-0.2, -0.15) is 13.2 Å². The van der Waals surface area contributed by atoms with E-state index in [0.717, 1.165) is 6.20 Å². The summed E-state index contributed by atoms with van der Waals surface area (Å²) >= 11 is 0. The highest BCUT2D eigenvalue weighted by Gasteiger charge is 2.34. The molecule has 88 valence electrons. The number of aromatic nitrogens is 1. The summed E-state index contributed by atoms with van der Waals surface area (Å²) in [5.41, 5.74) is 4.25. The highest BCUT2D eigenvalue weighted by molar-refractivity contribution is 5.98. The first kappa shape index (κ1) is 11.4. The summed E-state index contributed by atoms with van der Waals surface area (Å²) in [7, 11) is 0. The molecule has 1 amide bonds. The van der Waals surface area contributed by atoms with Crippen LogP contribution in [0, 0.1) is 0 Å². The molecular weight excluding hydrogens is 233 g/mol. The standard InChI is InChI=1S/C11H7F3N2O/c12-11(13,14)9-8-2-1-7(10(15)17)5-6(8)3-4-16-9/h1-5H,(H2,15,17). The molecule has 0 aliphatic heterocycles. The monoisotopic (exact) mass is 240 g/mol. The number of pyridine rings is 1. The molecule has 17 heavy (non-hydrogen) atoms. The Morgan fingerprint density at radius 1 is 1.24 bits per heavy atom. The van der Waals surface area contributed by atoms with E-state index >= 15 is 0 Å². The number of amides is 1. The summed E-state index contributed by atoms with van der Waals surface area (Å²) in [4.78, 5) is 14.2. The number of nitrogens with two attached hydrogens (primary N) is 1. The fourth-order valence-corrected chi connectivity index (χ4v) is 1.56. The molecule has 0 unspecified atom stereocenters. The van der Waals surface area contributed by atoms with Crippen LogP contribution in [0.5, 0.6) is 0 Å². The zero-order valence-corrected chi connectivity index (χ0v) is 8.45. The van der Waals surface area contributed by atoms with Crippen molar-refractivity contribution in [3.05, 3.63) is 41.7 Å². The molecule has 0 saturated heterocycles. The molecule has 0 atom stereocenters. The molecule has 0 aliphatic carbocycles. The molecule has 2 N–H and O–H groups in total. The molecule has 0 bridgehead atoms. The molecule has 1 heterocycles. The summed E-state index contributed by atoms with van der Waals surface area (Å²) in [5, 5.41) is 0.230. The zero-order valence-electron chi connectivity index (χ0n) is 8.45. The van der Waals surface area contributed by atoms with Crippen LogP contribution in [0.3, 0.4) is 0 Å². The number of hydrogen-bond donors (Lipinski definition) is 1. The fraction of sp³-hybridized carbons (Fsp3) is 0.0909. The van der Waals surface area contributed by atoms with Gasteiger partial charge in [-0.05, 0) is 23.6 Å². The number of primary amides is 1. The minimum Gasteiger partial charge on any atom is -0.366 e. The quantitative estimate of drug-likeness (QED) is 0.831. The lowest BCUT2D eigenvalue weighted by atomic mass is 10.1. The average Bonchev–Trinajstić information content (AvgIpc) is 2.26. The topological polar surface area (TPSA) is 56.0 Å². The van der Waals surface area contributed by atoms with E-state index in [0.29, 0.717) is 0 Å². The van der Waals surface area contributed by atoms with Gasteiger partial charge in [0.25, 0.3) is 0 Å². The SMILES string of the molecule is NC(=O)c1ccc2c(C(F)(F)F)nccc2c1. The number of hydrogen-bond acceptors (Lipinski definition) is 2. The maximum absolute atomic E-state index is 12.6. The van der Waals surface area contributed by atoms with E-state index in [2.05, 4.69) is 4.98 Å². The largest absolute Gasteiger partial charge is 0.433 e. The van der Waals surface area contributed by atoms with E-state index < -0.39 is 17.8 Å². The first-order valence-electron chi connectivity index (χ1n) is 4.65. The number of benzene rings is 1. The number of alkyl halides is 3. The van der Waals surface area contributed by atoms with Crippen molar-refractivity contribution in [1.82, 2.24) is 4.98 Å². The Morgan fingerprint density at radius 3 is 2.53 bits per heavy atom. The van der Waals surface area contributed by atoms with Crippen molar-refractivity contribution in [1.29, 1.82) is 0 Å². The molecule has 0 aliphatic rings. The number of rotatable bonds is 1. The maximum Gasteiger partial charge on any atom is 0.433 e. The smallest absolute Gasteiger partial charge is 0.366 e. The summed E-state index contributed by atoms with van der Waals surface area (Å²) in [6.07, 6.45) is -3.47. The van der Waals surface area contributed by atoms with Crippen LogP contribution in [-0.4, -0.2) is 10.9 Å². The third kappa shape index (κ3) is 2.06. The lowest BCUT2D eigenvalue weighted by Crippen LogP contribution is -2.11. The zero-order chi connectivity index (χ0) is 12.6. The van der Waals surface area contributed by atoms with E-state index in [1.807, 2.05) is 0 Å². The lowest BCUT2D eigenvalue weighted by molar-refractivity contribution is -0.139. The molecular formula is C11H7F3N2O. The number of halogens is 3. The Balaban J connectivity index is 2.72. The van der Waals surface area contributed by atoms with Gasteiger partial charge in [0.2, 0.25) is 5.91 Å². The van der Waals surface area contributed by atoms with E-state index in [9.17, 15) is 18.0 Å². The van der Waals surface area contributed by atoms with Crippen LogP contribution in [0.15, 0.2) is 30.5 Å². The number of nitrogens with zero attached hydrogens (tertiary/aromatic N) is 1. The van der Waals surface area contributed by atoms with Crippen molar-refractivity contribution in [2.24, 2.45) is 5.73 Å². The van der Waals surface area contributed by atoms with Crippen molar-refractivity contribution in [3.8, 4) is 0 Å². The highest BCUT2D eigenvalue weighted by atomic mass is 19.4. The van der Waals surface area contributed by atoms with Crippen molar-refractivity contribution < 1.29 is 18.0 Å². The second kappa shape index (κ2) is 3.73. The van der Waals surface area contributed by atoms with Crippen molar-refractivity contribution in [2.45, 2.75) is 6.18 Å². The first-order valence-corrected chi connectivity index (χ1v) is 4.65. The molecule has 1 aromatic heterocycles. The third-order valence-electron chi connectivity index (χ3n) is 2.32. The van der Waals surface area contributed by atoms with Crippen LogP contribution in [0.1, 0.15) is 16.1 Å². The van der Waals surface area contributed by atoms with Gasteiger partial charge < -0.3 is 5.73 Å². The summed E-state index contributed by atoms with van der Waals surface area (Å²) in [6.45, 7) is 0. The predicted octanol–water partition coefficient (Wildman–Crippen LogP) is 2.35. The van der Waals surface area contributed by atoms with Crippen molar-refractivity contribution >= 4 is 16.7 Å². The Bertz CT molecular complexity index is 593. The van der Waals surface area contributed by atoms with Gasteiger partial charge in [-0.25, -0.2) is 0 Å². The second-order valence-electron chi connectivity index (χ2n) is 3.46.